The van der Waals surface area contributed by atoms with Gasteiger partial charge < -0.3 is 0 Å². The first-order valence-electron chi connectivity index (χ1n) is 5.11. The third kappa shape index (κ3) is 3.73. The van der Waals surface area contributed by atoms with Crippen LogP contribution in [0.15, 0.2) is 35.3 Å². The molecular weight excluding hydrogens is 170 g/mol. The van der Waals surface area contributed by atoms with Gasteiger partial charge in [-0.05, 0) is 18.4 Å². The van der Waals surface area contributed by atoms with Gasteiger partial charge in [0.25, 0.3) is 0 Å². The lowest BCUT2D eigenvalue weighted by molar-refractivity contribution is 0.786. The molecule has 0 bridgehead atoms. The minimum atomic E-state index is 0.256. The van der Waals surface area contributed by atoms with E-state index in [0.717, 1.165) is 0 Å². The number of benzene rings is 1. The number of nitrogens with zero attached hydrogens (tertiary/aromatic N) is 1. The van der Waals surface area contributed by atoms with Crippen molar-refractivity contribution in [2.45, 2.75) is 26.8 Å². The highest BCUT2D eigenvalue weighted by molar-refractivity contribution is 5.68. The van der Waals surface area contributed by atoms with Gasteiger partial charge in [-0.25, -0.2) is 0 Å². The predicted octanol–water partition coefficient (Wildman–Crippen LogP) is 3.68. The van der Waals surface area contributed by atoms with E-state index in [4.69, 9.17) is 0 Å². The van der Waals surface area contributed by atoms with Crippen LogP contribution in [0.4, 0.5) is 0 Å². The average molecular weight is 188 g/mol. The Morgan fingerprint density at radius 2 is 1.71 bits per heavy atom. The standard InChI is InChI=1S/C13H18N/c1-11(2)9-10-14-12(3)13-7-5-4-6-8-13/h4-12H,1-3H3. The van der Waals surface area contributed by atoms with Crippen LogP contribution in [-0.2, 0) is 0 Å². The Labute approximate surface area is 86.9 Å². The quantitative estimate of drug-likeness (QED) is 0.639. The average Bonchev–Trinajstić information content (AvgIpc) is 2.18. The van der Waals surface area contributed by atoms with E-state index in [2.05, 4.69) is 44.3 Å². The predicted molar refractivity (Wildman–Crippen MR) is 62.5 cm³/mol. The molecule has 0 saturated heterocycles. The van der Waals surface area contributed by atoms with E-state index in [-0.39, 0.29) is 6.04 Å². The summed E-state index contributed by atoms with van der Waals surface area (Å²) in [6.45, 7) is 6.42. The van der Waals surface area contributed by atoms with Crippen LogP contribution < -0.4 is 0 Å². The second-order valence-electron chi connectivity index (χ2n) is 3.82. The van der Waals surface area contributed by atoms with Crippen molar-refractivity contribution in [1.82, 2.24) is 0 Å². The van der Waals surface area contributed by atoms with Crippen molar-refractivity contribution in [2.24, 2.45) is 10.9 Å². The van der Waals surface area contributed by atoms with Crippen molar-refractivity contribution in [3.8, 4) is 0 Å². The second-order valence-corrected chi connectivity index (χ2v) is 3.82. The minimum Gasteiger partial charge on any atom is -0.289 e. The highest BCUT2D eigenvalue weighted by atomic mass is 14.8. The summed E-state index contributed by atoms with van der Waals surface area (Å²) in [5, 5.41) is 0. The van der Waals surface area contributed by atoms with Crippen molar-refractivity contribution >= 4 is 6.21 Å². The van der Waals surface area contributed by atoms with Crippen LogP contribution >= 0.6 is 0 Å². The van der Waals surface area contributed by atoms with Gasteiger partial charge in [0, 0.05) is 12.6 Å². The number of aliphatic imine (C=N–C) groups is 1. The van der Waals surface area contributed by atoms with Crippen LogP contribution in [0.25, 0.3) is 0 Å². The van der Waals surface area contributed by atoms with Crippen LogP contribution in [0.3, 0.4) is 0 Å². The second kappa shape index (κ2) is 5.58. The summed E-state index contributed by atoms with van der Waals surface area (Å²) in [5.41, 5.74) is 1.26. The summed E-state index contributed by atoms with van der Waals surface area (Å²) in [5.74, 6) is 0.571. The van der Waals surface area contributed by atoms with E-state index in [1.807, 2.05) is 24.4 Å². The maximum absolute atomic E-state index is 4.45. The monoisotopic (exact) mass is 188 g/mol. The Hall–Kier alpha value is -1.11. The van der Waals surface area contributed by atoms with Crippen LogP contribution in [0, 0.1) is 12.3 Å². The zero-order valence-electron chi connectivity index (χ0n) is 9.14. The highest BCUT2D eigenvalue weighted by Crippen LogP contribution is 2.15. The first-order chi connectivity index (χ1) is 6.70. The van der Waals surface area contributed by atoms with Gasteiger partial charge in [0.1, 0.15) is 0 Å². The van der Waals surface area contributed by atoms with Gasteiger partial charge >= 0.3 is 0 Å². The van der Waals surface area contributed by atoms with E-state index in [1.165, 1.54) is 5.56 Å². The third-order valence-electron chi connectivity index (χ3n) is 2.06. The molecule has 0 aliphatic rings. The fraction of sp³-hybridized carbons (Fsp3) is 0.385. The molecule has 1 rings (SSSR count). The lowest BCUT2D eigenvalue weighted by Gasteiger charge is -2.05. The zero-order valence-corrected chi connectivity index (χ0v) is 9.14. The topological polar surface area (TPSA) is 12.4 Å². The molecule has 0 aliphatic carbocycles. The van der Waals surface area contributed by atoms with Crippen molar-refractivity contribution in [1.29, 1.82) is 0 Å². The molecule has 1 aromatic rings. The molecule has 0 saturated carbocycles. The zero-order chi connectivity index (χ0) is 10.4. The molecule has 0 heterocycles. The SMILES string of the molecule is CC(C)[CH]C=NC(C)c1ccccc1. The molecule has 1 aromatic carbocycles. The molecule has 1 atom stereocenters. The van der Waals surface area contributed by atoms with E-state index in [0.29, 0.717) is 5.92 Å². The van der Waals surface area contributed by atoms with Crippen molar-refractivity contribution in [3.05, 3.63) is 42.3 Å². The van der Waals surface area contributed by atoms with E-state index < -0.39 is 0 Å². The van der Waals surface area contributed by atoms with Gasteiger partial charge in [0.2, 0.25) is 0 Å². The smallest absolute Gasteiger partial charge is 0.0717 e. The molecule has 1 nitrogen and oxygen atoms in total. The van der Waals surface area contributed by atoms with Gasteiger partial charge in [0.05, 0.1) is 6.04 Å². The summed E-state index contributed by atoms with van der Waals surface area (Å²) >= 11 is 0. The number of rotatable bonds is 4. The van der Waals surface area contributed by atoms with Gasteiger partial charge in [-0.1, -0.05) is 44.2 Å². The van der Waals surface area contributed by atoms with Gasteiger partial charge in [0.15, 0.2) is 0 Å². The maximum Gasteiger partial charge on any atom is 0.0717 e. The van der Waals surface area contributed by atoms with Gasteiger partial charge in [-0.15, -0.1) is 0 Å². The lowest BCUT2D eigenvalue weighted by Crippen LogP contribution is -1.93. The van der Waals surface area contributed by atoms with Crippen LogP contribution in [0.2, 0.25) is 0 Å². The number of hydrogen-bond acceptors (Lipinski definition) is 1. The first kappa shape index (κ1) is 11.0. The highest BCUT2D eigenvalue weighted by Gasteiger charge is 2.00. The van der Waals surface area contributed by atoms with Crippen LogP contribution in [-0.4, -0.2) is 6.21 Å². The molecule has 0 spiro atoms. The normalized spacial score (nSPS) is 13.7. The Morgan fingerprint density at radius 3 is 2.29 bits per heavy atom. The third-order valence-corrected chi connectivity index (χ3v) is 2.06. The molecule has 0 aliphatic heterocycles. The summed E-state index contributed by atoms with van der Waals surface area (Å²) in [6, 6.07) is 10.6. The van der Waals surface area contributed by atoms with Crippen molar-refractivity contribution < 1.29 is 0 Å². The Balaban J connectivity index is 2.50. The molecule has 0 amide bonds. The van der Waals surface area contributed by atoms with Crippen LogP contribution in [0.5, 0.6) is 0 Å². The van der Waals surface area contributed by atoms with E-state index in [1.54, 1.807) is 0 Å². The Bertz CT molecular complexity index is 275. The minimum absolute atomic E-state index is 0.256. The summed E-state index contributed by atoms with van der Waals surface area (Å²) < 4.78 is 0. The Kier molecular flexibility index (Phi) is 4.37. The molecule has 1 unspecified atom stereocenters. The van der Waals surface area contributed by atoms with Crippen LogP contribution in [0.1, 0.15) is 32.4 Å². The molecule has 14 heavy (non-hydrogen) atoms. The Morgan fingerprint density at radius 1 is 1.07 bits per heavy atom. The molecule has 0 N–H and O–H groups in total. The molecular formula is C13H18N. The van der Waals surface area contributed by atoms with Crippen molar-refractivity contribution in [3.63, 3.8) is 0 Å². The fourth-order valence-electron chi connectivity index (χ4n) is 1.17. The first-order valence-corrected chi connectivity index (χ1v) is 5.11. The van der Waals surface area contributed by atoms with E-state index in [9.17, 15) is 0 Å². The fourth-order valence-corrected chi connectivity index (χ4v) is 1.17. The maximum atomic E-state index is 4.45. The number of hydrogen-bond donors (Lipinski definition) is 0. The molecule has 0 fully saturated rings. The molecule has 1 heteroatoms. The van der Waals surface area contributed by atoms with E-state index >= 15 is 0 Å². The van der Waals surface area contributed by atoms with Crippen molar-refractivity contribution in [2.75, 3.05) is 0 Å². The molecule has 0 aromatic heterocycles. The van der Waals surface area contributed by atoms with Gasteiger partial charge in [-0.3, -0.25) is 4.99 Å². The summed E-state index contributed by atoms with van der Waals surface area (Å²) in [4.78, 5) is 4.45. The summed E-state index contributed by atoms with van der Waals surface area (Å²) in [6.07, 6.45) is 4.03. The van der Waals surface area contributed by atoms with Gasteiger partial charge in [-0.2, -0.15) is 0 Å². The molecule has 1 radical (unpaired) electrons. The molecule has 75 valence electrons. The largest absolute Gasteiger partial charge is 0.289 e. The summed E-state index contributed by atoms with van der Waals surface area (Å²) in [7, 11) is 0. The lowest BCUT2D eigenvalue weighted by atomic mass is 10.1.